The average molecular weight is 590 g/mol. The molecule has 1 N–H and O–H groups in total. The number of carbonyl (C=O) groups is 1. The lowest BCUT2D eigenvalue weighted by molar-refractivity contribution is 0.102. The topological polar surface area (TPSA) is 110 Å². The number of amides is 1. The molecule has 0 saturated heterocycles. The van der Waals surface area contributed by atoms with Crippen LogP contribution in [0.3, 0.4) is 0 Å². The van der Waals surface area contributed by atoms with E-state index in [0.717, 1.165) is 12.8 Å². The van der Waals surface area contributed by atoms with Gasteiger partial charge in [-0.3, -0.25) is 14.3 Å². The number of hydrogen-bond donors (Lipinski definition) is 1. The number of nitrogens with one attached hydrogen (secondary N) is 1. The number of ether oxygens (including phenoxy) is 3. The predicted molar refractivity (Wildman–Crippen MR) is 155 cm³/mol. The van der Waals surface area contributed by atoms with E-state index in [9.17, 15) is 14.0 Å². The molecule has 0 spiro atoms. The third-order valence-corrected chi connectivity index (χ3v) is 7.38. The van der Waals surface area contributed by atoms with Crippen molar-refractivity contribution >= 4 is 34.1 Å². The summed E-state index contributed by atoms with van der Waals surface area (Å²) in [6.45, 7) is 0.500. The van der Waals surface area contributed by atoms with Crippen LogP contribution in [0.5, 0.6) is 23.1 Å². The van der Waals surface area contributed by atoms with E-state index in [1.165, 1.54) is 43.4 Å². The van der Waals surface area contributed by atoms with Gasteiger partial charge in [-0.2, -0.15) is 0 Å². The fourth-order valence-corrected chi connectivity index (χ4v) is 5.34. The number of anilines is 1. The molecule has 0 aliphatic carbocycles. The van der Waals surface area contributed by atoms with Crippen LogP contribution < -0.4 is 25.1 Å². The minimum atomic E-state index is -0.603. The first-order chi connectivity index (χ1) is 20.4. The van der Waals surface area contributed by atoms with Crippen LogP contribution in [-0.2, 0) is 13.0 Å². The van der Waals surface area contributed by atoms with Crippen LogP contribution in [0.2, 0.25) is 5.02 Å². The maximum absolute atomic E-state index is 14.7. The first kappa shape index (κ1) is 27.3. The van der Waals surface area contributed by atoms with Gasteiger partial charge in [-0.1, -0.05) is 23.7 Å². The molecule has 42 heavy (non-hydrogen) atoms. The van der Waals surface area contributed by atoms with E-state index < -0.39 is 17.3 Å². The van der Waals surface area contributed by atoms with Crippen LogP contribution in [0, 0.1) is 5.82 Å². The monoisotopic (exact) mass is 589 g/mol. The number of rotatable bonds is 7. The summed E-state index contributed by atoms with van der Waals surface area (Å²) in [7, 11) is 3.06. The maximum atomic E-state index is 14.7. The highest BCUT2D eigenvalue weighted by molar-refractivity contribution is 6.32. The van der Waals surface area contributed by atoms with Gasteiger partial charge in [0, 0.05) is 18.3 Å². The number of hydrogen-bond acceptors (Lipinski definition) is 7. The largest absolute Gasteiger partial charge is 0.493 e. The van der Waals surface area contributed by atoms with Crippen LogP contribution in [0.15, 0.2) is 65.7 Å². The lowest BCUT2D eigenvalue weighted by atomic mass is 10.1. The van der Waals surface area contributed by atoms with Gasteiger partial charge in [0.2, 0.25) is 5.88 Å². The van der Waals surface area contributed by atoms with E-state index in [1.807, 2.05) is 0 Å². The van der Waals surface area contributed by atoms with Gasteiger partial charge >= 0.3 is 0 Å². The van der Waals surface area contributed by atoms with Crippen LogP contribution in [-0.4, -0.2) is 39.5 Å². The molecule has 12 heteroatoms. The van der Waals surface area contributed by atoms with Gasteiger partial charge in [-0.05, 0) is 55.7 Å². The van der Waals surface area contributed by atoms with Gasteiger partial charge in [0.15, 0.2) is 11.5 Å². The van der Waals surface area contributed by atoms with E-state index >= 15 is 0 Å². The zero-order valence-corrected chi connectivity index (χ0v) is 23.4. The Morgan fingerprint density at radius 3 is 2.55 bits per heavy atom. The molecule has 0 saturated carbocycles. The average Bonchev–Trinajstić information content (AvgIpc) is 3.29. The highest BCUT2D eigenvalue weighted by Crippen LogP contribution is 2.38. The van der Waals surface area contributed by atoms with Gasteiger partial charge in [0.1, 0.15) is 29.1 Å². The van der Waals surface area contributed by atoms with Crippen molar-refractivity contribution in [1.29, 1.82) is 0 Å². The normalized spacial score (nSPS) is 12.6. The van der Waals surface area contributed by atoms with Crippen molar-refractivity contribution in [1.82, 2.24) is 19.3 Å². The summed E-state index contributed by atoms with van der Waals surface area (Å²) < 4.78 is 34.4. The lowest BCUT2D eigenvalue weighted by Crippen LogP contribution is -2.26. The molecule has 2 aromatic heterocycles. The Balaban J connectivity index is 1.29. The van der Waals surface area contributed by atoms with Gasteiger partial charge in [0.05, 0.1) is 35.8 Å². The fourth-order valence-electron chi connectivity index (χ4n) is 5.12. The molecular formula is C30H25ClFN5O5. The molecule has 0 radical (unpaired) electrons. The van der Waals surface area contributed by atoms with E-state index in [2.05, 4.69) is 15.3 Å². The standard InChI is InChI=1S/C30H25ClFN5O5/c1-40-25-14-18-21(15-26(25)41-2)33-16-34-29(18)42-24-11-10-17(13-19(24)31)35-28(38)27-23-9-5-6-12-36(23)37(30(27)39)22-8-4-3-7-20(22)32/h3-4,7-8,10-11,13-16H,5-6,9,12H2,1-2H3,(H,35,38). The highest BCUT2D eigenvalue weighted by Gasteiger charge is 2.28. The van der Waals surface area contributed by atoms with Crippen molar-refractivity contribution in [2.75, 3.05) is 19.5 Å². The third kappa shape index (κ3) is 4.81. The SMILES string of the molecule is COc1cc2ncnc(Oc3ccc(NC(=O)c4c5n(n(-c6ccccc6F)c4=O)CCCC5)cc3Cl)c2cc1OC. The molecule has 1 aliphatic heterocycles. The van der Waals surface area contributed by atoms with E-state index in [0.29, 0.717) is 46.7 Å². The molecular weight excluding hydrogens is 565 g/mol. The minimum absolute atomic E-state index is 0.0220. The molecule has 214 valence electrons. The summed E-state index contributed by atoms with van der Waals surface area (Å²) in [6, 6.07) is 14.1. The summed E-state index contributed by atoms with van der Waals surface area (Å²) in [5.41, 5.74) is 0.997. The number of para-hydroxylation sites is 1. The first-order valence-corrected chi connectivity index (χ1v) is 13.5. The van der Waals surface area contributed by atoms with Crippen molar-refractivity contribution in [2.45, 2.75) is 25.8 Å². The number of aromatic nitrogens is 4. The second kappa shape index (κ2) is 11.2. The molecule has 0 bridgehead atoms. The Kier molecular flexibility index (Phi) is 7.26. The Bertz CT molecular complexity index is 1900. The van der Waals surface area contributed by atoms with E-state index in [1.54, 1.807) is 41.1 Å². The number of nitrogens with zero attached hydrogens (tertiary/aromatic N) is 4. The second-order valence-electron chi connectivity index (χ2n) is 9.57. The van der Waals surface area contributed by atoms with Crippen LogP contribution in [0.4, 0.5) is 10.1 Å². The van der Waals surface area contributed by atoms with Gasteiger partial charge in [-0.25, -0.2) is 19.0 Å². The van der Waals surface area contributed by atoms with Crippen molar-refractivity contribution in [3.63, 3.8) is 0 Å². The van der Waals surface area contributed by atoms with Crippen molar-refractivity contribution in [3.8, 4) is 28.8 Å². The molecule has 3 heterocycles. The Hall–Kier alpha value is -4.90. The minimum Gasteiger partial charge on any atom is -0.493 e. The Morgan fingerprint density at radius 1 is 1.00 bits per heavy atom. The molecule has 10 nitrogen and oxygen atoms in total. The second-order valence-corrected chi connectivity index (χ2v) is 9.98. The van der Waals surface area contributed by atoms with E-state index in [4.69, 9.17) is 25.8 Å². The number of carbonyl (C=O) groups excluding carboxylic acids is 1. The van der Waals surface area contributed by atoms with E-state index in [-0.39, 0.29) is 27.9 Å². The number of halogens is 2. The lowest BCUT2D eigenvalue weighted by Gasteiger charge is -2.19. The van der Waals surface area contributed by atoms with Gasteiger partial charge in [-0.15, -0.1) is 0 Å². The van der Waals surface area contributed by atoms with Crippen LogP contribution >= 0.6 is 11.6 Å². The van der Waals surface area contributed by atoms with Crippen molar-refractivity contribution in [2.24, 2.45) is 0 Å². The molecule has 5 aromatic rings. The Morgan fingerprint density at radius 2 is 1.79 bits per heavy atom. The summed E-state index contributed by atoms with van der Waals surface area (Å²) in [5.74, 6) is 0.372. The highest BCUT2D eigenvalue weighted by atomic mass is 35.5. The summed E-state index contributed by atoms with van der Waals surface area (Å²) >= 11 is 6.54. The molecule has 1 amide bonds. The third-order valence-electron chi connectivity index (χ3n) is 7.09. The zero-order chi connectivity index (χ0) is 29.4. The van der Waals surface area contributed by atoms with Crippen LogP contribution in [0.25, 0.3) is 16.6 Å². The quantitative estimate of drug-likeness (QED) is 0.256. The summed E-state index contributed by atoms with van der Waals surface area (Å²) in [6.07, 6.45) is 3.51. The summed E-state index contributed by atoms with van der Waals surface area (Å²) in [4.78, 5) is 35.5. The molecule has 1 aliphatic rings. The summed E-state index contributed by atoms with van der Waals surface area (Å²) in [5, 5.41) is 3.54. The number of benzene rings is 3. The molecule has 0 atom stereocenters. The van der Waals surface area contributed by atoms with Crippen LogP contribution in [0.1, 0.15) is 28.9 Å². The smallest absolute Gasteiger partial charge is 0.284 e. The number of fused-ring (bicyclic) bond motifs is 2. The fraction of sp³-hybridized carbons (Fsp3) is 0.200. The predicted octanol–water partition coefficient (Wildman–Crippen LogP) is 5.77. The molecule has 0 fully saturated rings. The van der Waals surface area contributed by atoms with Crippen molar-refractivity contribution < 1.29 is 23.4 Å². The van der Waals surface area contributed by atoms with Gasteiger partial charge < -0.3 is 19.5 Å². The molecule has 3 aromatic carbocycles. The first-order valence-electron chi connectivity index (χ1n) is 13.1. The molecule has 6 rings (SSSR count). The van der Waals surface area contributed by atoms with Crippen molar-refractivity contribution in [3.05, 3.63) is 93.4 Å². The maximum Gasteiger partial charge on any atom is 0.284 e. The van der Waals surface area contributed by atoms with Gasteiger partial charge in [0.25, 0.3) is 11.5 Å². The zero-order valence-electron chi connectivity index (χ0n) is 22.7. The molecule has 0 unspecified atom stereocenters. The number of methoxy groups -OCH3 is 2. The Labute approximate surface area is 244 Å².